The summed E-state index contributed by atoms with van der Waals surface area (Å²) in [4.78, 5) is 4.27. The van der Waals surface area contributed by atoms with Gasteiger partial charge in [-0.05, 0) is 44.2 Å². The van der Waals surface area contributed by atoms with E-state index in [9.17, 15) is 5.26 Å². The van der Waals surface area contributed by atoms with Crippen molar-refractivity contribution >= 4 is 35.8 Å². The normalized spacial score (nSPS) is 12.2. The lowest BCUT2D eigenvalue weighted by Gasteiger charge is -2.21. The summed E-state index contributed by atoms with van der Waals surface area (Å²) >= 11 is 0. The molecule has 4 N–H and O–H groups in total. The first-order valence-electron chi connectivity index (χ1n) is 10.9. The van der Waals surface area contributed by atoms with Crippen molar-refractivity contribution in [2.75, 3.05) is 32.5 Å². The largest absolute Gasteiger partial charge is 0.382 e. The van der Waals surface area contributed by atoms with Crippen LogP contribution in [0.4, 0.5) is 5.82 Å². The predicted molar refractivity (Wildman–Crippen MR) is 141 cm³/mol. The molecule has 0 fully saturated rings. The van der Waals surface area contributed by atoms with E-state index < -0.39 is 0 Å². The lowest BCUT2D eigenvalue weighted by atomic mass is 10.0. The standard InChI is InChI=1S/C23H35N7O.HI/c1-5-31-21(17(2)3)13-15-28-23(26-4)27-14-9-12-20-19(16-24)22(25)30(29-20)18-10-7-6-8-11-18;/h6-8,10-11,17,21H,5,9,12-15,25H2,1-4H3,(H2,26,27,28);1H. The first-order valence-corrected chi connectivity index (χ1v) is 10.9. The van der Waals surface area contributed by atoms with Crippen LogP contribution in [0.3, 0.4) is 0 Å². The van der Waals surface area contributed by atoms with Crippen LogP contribution >= 0.6 is 24.0 Å². The van der Waals surface area contributed by atoms with Crippen molar-refractivity contribution in [1.82, 2.24) is 20.4 Å². The molecule has 0 saturated carbocycles. The second-order valence-electron chi connectivity index (χ2n) is 7.62. The van der Waals surface area contributed by atoms with Gasteiger partial charge in [0.05, 0.1) is 17.5 Å². The molecule has 0 spiro atoms. The van der Waals surface area contributed by atoms with Gasteiger partial charge >= 0.3 is 0 Å². The zero-order valence-electron chi connectivity index (χ0n) is 19.5. The molecule has 1 atom stereocenters. The van der Waals surface area contributed by atoms with Crippen LogP contribution in [0.1, 0.15) is 44.9 Å². The minimum atomic E-state index is 0. The average Bonchev–Trinajstić information content (AvgIpc) is 3.10. The molecule has 0 aliphatic heterocycles. The minimum absolute atomic E-state index is 0. The van der Waals surface area contributed by atoms with Crippen molar-refractivity contribution in [2.45, 2.75) is 46.1 Å². The number of nitrogens with one attached hydrogen (secondary N) is 2. The van der Waals surface area contributed by atoms with E-state index in [1.54, 1.807) is 11.7 Å². The number of halogens is 1. The van der Waals surface area contributed by atoms with Crippen molar-refractivity contribution in [3.63, 3.8) is 0 Å². The highest BCUT2D eigenvalue weighted by atomic mass is 127. The van der Waals surface area contributed by atoms with E-state index in [1.807, 2.05) is 37.3 Å². The quantitative estimate of drug-likeness (QED) is 0.170. The third-order valence-corrected chi connectivity index (χ3v) is 5.06. The Morgan fingerprint density at radius 3 is 2.53 bits per heavy atom. The summed E-state index contributed by atoms with van der Waals surface area (Å²) in [5.41, 5.74) is 8.17. The zero-order valence-corrected chi connectivity index (χ0v) is 21.8. The van der Waals surface area contributed by atoms with Gasteiger partial charge in [-0.15, -0.1) is 24.0 Å². The summed E-state index contributed by atoms with van der Waals surface area (Å²) in [6, 6.07) is 11.8. The fourth-order valence-electron chi connectivity index (χ4n) is 3.38. The number of hydrogen-bond acceptors (Lipinski definition) is 5. The summed E-state index contributed by atoms with van der Waals surface area (Å²) < 4.78 is 7.42. The molecular weight excluding hydrogens is 517 g/mol. The molecule has 1 heterocycles. The Labute approximate surface area is 208 Å². The van der Waals surface area contributed by atoms with Crippen molar-refractivity contribution in [3.05, 3.63) is 41.6 Å². The van der Waals surface area contributed by atoms with Crippen LogP contribution in [0, 0.1) is 17.2 Å². The predicted octanol–water partition coefficient (Wildman–Crippen LogP) is 3.49. The molecule has 1 unspecified atom stereocenters. The Hall–Kier alpha value is -2.32. The number of benzene rings is 1. The second kappa shape index (κ2) is 14.7. The number of aryl methyl sites for hydroxylation is 1. The zero-order chi connectivity index (χ0) is 22.6. The molecule has 1 aromatic heterocycles. The lowest BCUT2D eigenvalue weighted by molar-refractivity contribution is 0.0258. The molecule has 0 aliphatic carbocycles. The van der Waals surface area contributed by atoms with Gasteiger partial charge in [0.25, 0.3) is 0 Å². The highest BCUT2D eigenvalue weighted by Crippen LogP contribution is 2.21. The van der Waals surface area contributed by atoms with Crippen molar-refractivity contribution in [2.24, 2.45) is 10.9 Å². The molecule has 0 radical (unpaired) electrons. The monoisotopic (exact) mass is 553 g/mol. The van der Waals surface area contributed by atoms with Crippen molar-refractivity contribution < 1.29 is 4.74 Å². The van der Waals surface area contributed by atoms with Gasteiger partial charge < -0.3 is 21.1 Å². The number of ether oxygens (including phenoxy) is 1. The number of rotatable bonds is 11. The van der Waals surface area contributed by atoms with Gasteiger partial charge in [-0.3, -0.25) is 4.99 Å². The number of anilines is 1. The van der Waals surface area contributed by atoms with Gasteiger partial charge in [0, 0.05) is 26.7 Å². The molecule has 2 rings (SSSR count). The number of para-hydroxylation sites is 1. The highest BCUT2D eigenvalue weighted by molar-refractivity contribution is 14.0. The first kappa shape index (κ1) is 27.7. The number of hydrogen-bond donors (Lipinski definition) is 3. The van der Waals surface area contributed by atoms with E-state index in [0.29, 0.717) is 36.0 Å². The SMILES string of the molecule is CCOC(CCNC(=NC)NCCCc1nn(-c2ccccc2)c(N)c1C#N)C(C)C.I. The topological polar surface area (TPSA) is 113 Å². The van der Waals surface area contributed by atoms with Gasteiger partial charge in [0.15, 0.2) is 5.96 Å². The van der Waals surface area contributed by atoms with E-state index in [0.717, 1.165) is 37.6 Å². The molecule has 8 nitrogen and oxygen atoms in total. The van der Waals surface area contributed by atoms with Gasteiger partial charge in [-0.25, -0.2) is 4.68 Å². The fraction of sp³-hybridized carbons (Fsp3) is 0.522. The van der Waals surface area contributed by atoms with Crippen LogP contribution in [0.15, 0.2) is 35.3 Å². The number of nitrogen functional groups attached to an aromatic ring is 1. The molecule has 0 bridgehead atoms. The summed E-state index contributed by atoms with van der Waals surface area (Å²) in [5.74, 6) is 1.62. The maximum absolute atomic E-state index is 9.52. The Morgan fingerprint density at radius 1 is 1.25 bits per heavy atom. The molecule has 0 aliphatic rings. The van der Waals surface area contributed by atoms with E-state index in [1.165, 1.54) is 0 Å². The van der Waals surface area contributed by atoms with Crippen LogP contribution in [-0.4, -0.2) is 48.6 Å². The Bertz CT molecular complexity index is 874. The van der Waals surface area contributed by atoms with Crippen LogP contribution in [-0.2, 0) is 11.2 Å². The molecule has 9 heteroatoms. The number of aliphatic imine (C=N–C) groups is 1. The summed E-state index contributed by atoms with van der Waals surface area (Å²) in [5, 5.41) is 20.7. The average molecular weight is 553 g/mol. The Balaban J connectivity index is 0.00000512. The van der Waals surface area contributed by atoms with E-state index in [4.69, 9.17) is 10.5 Å². The third kappa shape index (κ3) is 7.98. The fourth-order valence-corrected chi connectivity index (χ4v) is 3.38. The third-order valence-electron chi connectivity index (χ3n) is 5.06. The molecular formula is C23H36IN7O. The Morgan fingerprint density at radius 2 is 1.94 bits per heavy atom. The number of guanidine groups is 1. The second-order valence-corrected chi connectivity index (χ2v) is 7.62. The molecule has 2 aromatic rings. The lowest BCUT2D eigenvalue weighted by Crippen LogP contribution is -2.39. The smallest absolute Gasteiger partial charge is 0.190 e. The number of aromatic nitrogens is 2. The summed E-state index contributed by atoms with van der Waals surface area (Å²) in [6.07, 6.45) is 2.61. The maximum atomic E-state index is 9.52. The van der Waals surface area contributed by atoms with Crippen LogP contribution in [0.25, 0.3) is 5.69 Å². The number of nitrogens with zero attached hydrogens (tertiary/aromatic N) is 4. The highest BCUT2D eigenvalue weighted by Gasteiger charge is 2.16. The van der Waals surface area contributed by atoms with E-state index in [2.05, 4.69) is 40.6 Å². The first-order chi connectivity index (χ1) is 15.0. The van der Waals surface area contributed by atoms with Gasteiger partial charge in [0.2, 0.25) is 0 Å². The molecule has 0 amide bonds. The van der Waals surface area contributed by atoms with E-state index >= 15 is 0 Å². The number of nitriles is 1. The van der Waals surface area contributed by atoms with E-state index in [-0.39, 0.29) is 30.1 Å². The molecule has 1 aromatic carbocycles. The van der Waals surface area contributed by atoms with Crippen LogP contribution < -0.4 is 16.4 Å². The molecule has 32 heavy (non-hydrogen) atoms. The Kier molecular flexibility index (Phi) is 12.7. The molecule has 176 valence electrons. The van der Waals surface area contributed by atoms with Crippen molar-refractivity contribution in [1.29, 1.82) is 5.26 Å². The minimum Gasteiger partial charge on any atom is -0.382 e. The van der Waals surface area contributed by atoms with Crippen LogP contribution in [0.5, 0.6) is 0 Å². The van der Waals surface area contributed by atoms with Gasteiger partial charge in [-0.2, -0.15) is 10.4 Å². The number of nitrogens with two attached hydrogens (primary N) is 1. The van der Waals surface area contributed by atoms with Gasteiger partial charge in [0.1, 0.15) is 17.5 Å². The molecule has 0 saturated heterocycles. The maximum Gasteiger partial charge on any atom is 0.190 e. The van der Waals surface area contributed by atoms with Crippen LogP contribution in [0.2, 0.25) is 0 Å². The summed E-state index contributed by atoms with van der Waals surface area (Å²) in [6.45, 7) is 8.60. The van der Waals surface area contributed by atoms with Gasteiger partial charge in [-0.1, -0.05) is 32.0 Å². The van der Waals surface area contributed by atoms with Crippen molar-refractivity contribution in [3.8, 4) is 11.8 Å². The summed E-state index contributed by atoms with van der Waals surface area (Å²) in [7, 11) is 1.76.